The fourth-order valence-electron chi connectivity index (χ4n) is 1.91. The van der Waals surface area contributed by atoms with Gasteiger partial charge in [-0.05, 0) is 37.8 Å². The van der Waals surface area contributed by atoms with E-state index in [1.165, 1.54) is 12.1 Å². The molecule has 28 heavy (non-hydrogen) atoms. The lowest BCUT2D eigenvalue weighted by molar-refractivity contribution is -0.147. The molecule has 1 rings (SSSR count). The number of carbonyl (C=O) groups excluding carboxylic acids is 3. The molecule has 0 radical (unpaired) electrons. The number of carboxylic acids is 1. The summed E-state index contributed by atoms with van der Waals surface area (Å²) in [6.07, 6.45) is 1.44. The van der Waals surface area contributed by atoms with Crippen molar-refractivity contribution < 1.29 is 48.0 Å². The molecule has 0 atom stereocenters. The van der Waals surface area contributed by atoms with Crippen molar-refractivity contribution in [3.63, 3.8) is 0 Å². The number of aliphatic carboxylic acids is 1. The molecule has 10 nitrogen and oxygen atoms in total. The summed E-state index contributed by atoms with van der Waals surface area (Å²) in [7, 11) is 0. The zero-order valence-corrected chi connectivity index (χ0v) is 15.4. The Balaban J connectivity index is 2.19. The maximum atomic E-state index is 11.8. The van der Waals surface area contributed by atoms with Crippen LogP contribution in [0.5, 0.6) is 0 Å². The highest BCUT2D eigenvalue weighted by molar-refractivity contribution is 5.90. The van der Waals surface area contributed by atoms with Crippen molar-refractivity contribution in [3.8, 4) is 0 Å². The average Bonchev–Trinajstić information content (AvgIpc) is 3.16. The lowest BCUT2D eigenvalue weighted by Crippen LogP contribution is -2.10. The van der Waals surface area contributed by atoms with Crippen LogP contribution in [0.4, 0.5) is 0 Å². The molecule has 0 amide bonds. The van der Waals surface area contributed by atoms with Gasteiger partial charge in [-0.1, -0.05) is 0 Å². The van der Waals surface area contributed by atoms with E-state index < -0.39 is 23.9 Å². The molecular formula is C18H24O10. The van der Waals surface area contributed by atoms with Gasteiger partial charge in [-0.2, -0.15) is 0 Å². The summed E-state index contributed by atoms with van der Waals surface area (Å²) in [4.78, 5) is 45.1. The maximum absolute atomic E-state index is 11.8. The third-order valence-corrected chi connectivity index (χ3v) is 3.37. The van der Waals surface area contributed by atoms with Gasteiger partial charge in [0.2, 0.25) is 11.5 Å². The minimum Gasteiger partial charge on any atom is -0.481 e. The Bertz CT molecular complexity index is 649. The van der Waals surface area contributed by atoms with Crippen LogP contribution < -0.4 is 0 Å². The molecule has 0 aliphatic heterocycles. The van der Waals surface area contributed by atoms with Crippen molar-refractivity contribution in [1.29, 1.82) is 0 Å². The fourth-order valence-corrected chi connectivity index (χ4v) is 1.91. The van der Waals surface area contributed by atoms with Crippen LogP contribution in [0.25, 0.3) is 0 Å². The molecule has 1 aromatic heterocycles. The number of carboxylic acid groups (broad SMARTS) is 1. The average molecular weight is 400 g/mol. The van der Waals surface area contributed by atoms with Gasteiger partial charge in [-0.15, -0.1) is 0 Å². The summed E-state index contributed by atoms with van der Waals surface area (Å²) < 4.78 is 19.9. The summed E-state index contributed by atoms with van der Waals surface area (Å²) in [6, 6.07) is 2.61. The molecule has 2 N–H and O–H groups in total. The van der Waals surface area contributed by atoms with Gasteiger partial charge in [-0.3, -0.25) is 9.59 Å². The second-order valence-electron chi connectivity index (χ2n) is 5.69. The first-order chi connectivity index (χ1) is 13.4. The highest BCUT2D eigenvalue weighted by atomic mass is 16.6. The molecule has 0 aliphatic rings. The Kier molecular flexibility index (Phi) is 11.0. The van der Waals surface area contributed by atoms with Crippen LogP contribution in [-0.4, -0.2) is 60.5 Å². The number of hydrogen-bond donors (Lipinski definition) is 2. The summed E-state index contributed by atoms with van der Waals surface area (Å²) in [5.41, 5.74) is 0. The van der Waals surface area contributed by atoms with E-state index in [0.29, 0.717) is 25.7 Å². The second kappa shape index (κ2) is 13.3. The zero-order valence-electron chi connectivity index (χ0n) is 15.4. The highest BCUT2D eigenvalue weighted by Crippen LogP contribution is 2.11. The molecule has 0 fully saturated rings. The number of esters is 3. The number of hydrogen-bond acceptors (Lipinski definition) is 9. The number of aliphatic hydroxyl groups is 1. The van der Waals surface area contributed by atoms with E-state index in [1.807, 2.05) is 0 Å². The van der Waals surface area contributed by atoms with Crippen LogP contribution in [-0.2, 0) is 23.8 Å². The minimum absolute atomic E-state index is 0.0153. The van der Waals surface area contributed by atoms with E-state index >= 15 is 0 Å². The third-order valence-electron chi connectivity index (χ3n) is 3.37. The van der Waals surface area contributed by atoms with Crippen molar-refractivity contribution in [2.45, 2.75) is 38.5 Å². The lowest BCUT2D eigenvalue weighted by atomic mass is 10.3. The molecule has 0 saturated carbocycles. The number of aliphatic hydroxyl groups excluding tert-OH is 1. The first-order valence-electron chi connectivity index (χ1n) is 8.86. The predicted molar refractivity (Wildman–Crippen MR) is 92.7 cm³/mol. The van der Waals surface area contributed by atoms with Crippen molar-refractivity contribution in [3.05, 3.63) is 23.7 Å². The van der Waals surface area contributed by atoms with E-state index in [9.17, 15) is 19.2 Å². The first kappa shape index (κ1) is 23.2. The topological polar surface area (TPSA) is 150 Å². The minimum atomic E-state index is -1.07. The summed E-state index contributed by atoms with van der Waals surface area (Å²) in [5.74, 6) is -3.36. The number of carbonyl (C=O) groups is 4. The largest absolute Gasteiger partial charge is 0.481 e. The molecule has 0 bridgehead atoms. The normalized spacial score (nSPS) is 10.3. The Morgan fingerprint density at radius 3 is 1.79 bits per heavy atom. The lowest BCUT2D eigenvalue weighted by Gasteiger charge is -2.05. The van der Waals surface area contributed by atoms with Gasteiger partial charge in [0.05, 0.1) is 32.7 Å². The maximum Gasteiger partial charge on any atom is 0.374 e. The predicted octanol–water partition coefficient (Wildman–Crippen LogP) is 1.55. The van der Waals surface area contributed by atoms with E-state index in [4.69, 9.17) is 28.8 Å². The second-order valence-corrected chi connectivity index (χ2v) is 5.69. The molecule has 1 heterocycles. The smallest absolute Gasteiger partial charge is 0.374 e. The molecule has 0 saturated heterocycles. The van der Waals surface area contributed by atoms with E-state index in [0.717, 1.165) is 0 Å². The van der Waals surface area contributed by atoms with Crippen LogP contribution in [0.15, 0.2) is 16.5 Å². The summed E-state index contributed by atoms with van der Waals surface area (Å²) in [5, 5.41) is 17.1. The summed E-state index contributed by atoms with van der Waals surface area (Å²) in [6.45, 7) is 0.318. The van der Waals surface area contributed by atoms with Gasteiger partial charge in [0, 0.05) is 6.61 Å². The van der Waals surface area contributed by atoms with Crippen LogP contribution in [0.3, 0.4) is 0 Å². The van der Waals surface area contributed by atoms with Crippen LogP contribution >= 0.6 is 0 Å². The van der Waals surface area contributed by atoms with E-state index in [2.05, 4.69) is 0 Å². The molecule has 10 heteroatoms. The molecule has 156 valence electrons. The van der Waals surface area contributed by atoms with Crippen molar-refractivity contribution >= 4 is 23.9 Å². The fraction of sp³-hybridized carbons (Fsp3) is 0.556. The molecule has 0 aliphatic carbocycles. The van der Waals surface area contributed by atoms with Gasteiger partial charge in [0.15, 0.2) is 0 Å². The monoisotopic (exact) mass is 400 g/mol. The van der Waals surface area contributed by atoms with Crippen molar-refractivity contribution in [1.82, 2.24) is 0 Å². The molecule has 0 unspecified atom stereocenters. The SMILES string of the molecule is O=C(O)CCC(=O)OCCCCOC(=O)c1ccc(C(=O)OCCCCO)o1. The summed E-state index contributed by atoms with van der Waals surface area (Å²) >= 11 is 0. The quantitative estimate of drug-likeness (QED) is 0.267. The van der Waals surface area contributed by atoms with Crippen LogP contribution in [0, 0.1) is 0 Å². The van der Waals surface area contributed by atoms with Gasteiger partial charge in [-0.25, -0.2) is 9.59 Å². The zero-order chi connectivity index (χ0) is 20.8. The Morgan fingerprint density at radius 2 is 1.29 bits per heavy atom. The van der Waals surface area contributed by atoms with E-state index in [1.54, 1.807) is 0 Å². The molecule has 0 spiro atoms. The highest BCUT2D eigenvalue weighted by Gasteiger charge is 2.17. The number of unbranched alkanes of at least 4 members (excludes halogenated alkanes) is 2. The molecule has 1 aromatic rings. The number of rotatable bonds is 14. The molecular weight excluding hydrogens is 376 g/mol. The van der Waals surface area contributed by atoms with Gasteiger partial charge in [0.1, 0.15) is 0 Å². The van der Waals surface area contributed by atoms with Crippen molar-refractivity contribution in [2.24, 2.45) is 0 Å². The van der Waals surface area contributed by atoms with Crippen molar-refractivity contribution in [2.75, 3.05) is 26.4 Å². The molecule has 0 aromatic carbocycles. The van der Waals surface area contributed by atoms with Crippen LogP contribution in [0.2, 0.25) is 0 Å². The van der Waals surface area contributed by atoms with Gasteiger partial charge < -0.3 is 28.8 Å². The van der Waals surface area contributed by atoms with Gasteiger partial charge >= 0.3 is 23.9 Å². The Morgan fingerprint density at radius 1 is 0.786 bits per heavy atom. The first-order valence-corrected chi connectivity index (χ1v) is 8.86. The van der Waals surface area contributed by atoms with E-state index in [-0.39, 0.29) is 50.8 Å². The Labute approximate surface area is 161 Å². The van der Waals surface area contributed by atoms with Gasteiger partial charge in [0.25, 0.3) is 0 Å². The standard InChI is InChI=1S/C18H24O10/c19-9-1-2-11-26-17(23)13-5-6-14(28-13)18(24)27-12-4-3-10-25-16(22)8-7-15(20)21/h5-6,19H,1-4,7-12H2,(H,20,21). The van der Waals surface area contributed by atoms with Crippen LogP contribution in [0.1, 0.15) is 59.6 Å². The number of furan rings is 1. The third kappa shape index (κ3) is 9.72. The Hall–Kier alpha value is -2.88. The number of ether oxygens (including phenoxy) is 3.